The molecule has 4 aliphatic rings. The quantitative estimate of drug-likeness (QED) is 0.412. The summed E-state index contributed by atoms with van der Waals surface area (Å²) in [7, 11) is 0. The Morgan fingerprint density at radius 3 is 2.06 bits per heavy atom. The highest BCUT2D eigenvalue weighted by molar-refractivity contribution is 6.06. The molecule has 5 rings (SSSR count). The van der Waals surface area contributed by atoms with Crippen molar-refractivity contribution in [3.05, 3.63) is 35.4 Å². The Hall–Kier alpha value is -2.50. The van der Waals surface area contributed by atoms with Gasteiger partial charge in [0.1, 0.15) is 0 Å². The second-order valence-electron chi connectivity index (χ2n) is 9.83. The van der Waals surface area contributed by atoms with Crippen molar-refractivity contribution < 1.29 is 23.9 Å². The molecule has 1 aromatic carbocycles. The maximum Gasteiger partial charge on any atom is 0.309 e. The van der Waals surface area contributed by atoms with Crippen LogP contribution < -0.4 is 0 Å². The van der Waals surface area contributed by atoms with Crippen LogP contribution in [0.5, 0.6) is 0 Å². The molecule has 1 aliphatic heterocycles. The Balaban J connectivity index is 1.13. The van der Waals surface area contributed by atoms with Crippen LogP contribution in [0.15, 0.2) is 24.3 Å². The molecular formula is C25H29NO5. The highest BCUT2D eigenvalue weighted by Gasteiger charge is 2.61. The minimum atomic E-state index is -0.354. The molecule has 0 N–H and O–H groups in total. The summed E-state index contributed by atoms with van der Waals surface area (Å²) in [6.07, 6.45) is 5.65. The number of esters is 1. The van der Waals surface area contributed by atoms with Crippen molar-refractivity contribution in [1.29, 1.82) is 0 Å². The molecule has 6 heteroatoms. The van der Waals surface area contributed by atoms with Crippen molar-refractivity contribution >= 4 is 23.6 Å². The van der Waals surface area contributed by atoms with E-state index >= 15 is 0 Å². The van der Waals surface area contributed by atoms with Crippen LogP contribution in [0.1, 0.15) is 60.9 Å². The maximum absolute atomic E-state index is 13.0. The van der Waals surface area contributed by atoms with E-state index in [9.17, 15) is 19.2 Å². The molecule has 0 unspecified atom stereocenters. The summed E-state index contributed by atoms with van der Waals surface area (Å²) in [5.74, 6) is -0.130. The van der Waals surface area contributed by atoms with Crippen LogP contribution in [0.4, 0.5) is 0 Å². The summed E-state index contributed by atoms with van der Waals surface area (Å²) in [4.78, 5) is 52.3. The van der Waals surface area contributed by atoms with E-state index in [1.807, 2.05) is 19.1 Å². The van der Waals surface area contributed by atoms with Crippen LogP contribution in [-0.4, -0.2) is 41.1 Å². The van der Waals surface area contributed by atoms with E-state index in [0.717, 1.165) is 24.8 Å². The number of Topliss-reactive ketones (excluding diaryl/α,β-unsaturated/α-hetero) is 1. The van der Waals surface area contributed by atoms with E-state index in [4.69, 9.17) is 4.74 Å². The average Bonchev–Trinajstić information content (AvgIpc) is 3.46. The number of hydrogen-bond donors (Lipinski definition) is 0. The minimum Gasteiger partial charge on any atom is -0.457 e. The van der Waals surface area contributed by atoms with E-state index < -0.39 is 0 Å². The van der Waals surface area contributed by atoms with Crippen molar-refractivity contribution in [1.82, 2.24) is 4.90 Å². The predicted octanol–water partition coefficient (Wildman–Crippen LogP) is 3.31. The van der Waals surface area contributed by atoms with Gasteiger partial charge >= 0.3 is 5.97 Å². The van der Waals surface area contributed by atoms with Gasteiger partial charge in [-0.1, -0.05) is 29.8 Å². The maximum atomic E-state index is 13.0. The Kier molecular flexibility index (Phi) is 5.19. The number of carbonyl (C=O) groups is 4. The molecule has 4 atom stereocenters. The number of aryl methyl sites for hydroxylation is 1. The number of rotatable bonds is 5. The van der Waals surface area contributed by atoms with Gasteiger partial charge in [0.15, 0.2) is 12.4 Å². The number of nitrogens with zero attached hydrogens (tertiary/aromatic N) is 1. The first kappa shape index (κ1) is 20.4. The number of fused-ring (bicyclic) bond motifs is 5. The first-order chi connectivity index (χ1) is 14.9. The number of ketones is 1. The SMILES string of the molecule is Cc1ccc(C(=O)COC(=O)C2CCC(N3C(=O)[C@@H]4[C@H]5CC[C@@H](C5)[C@H]4C3=O)CC2)cc1. The Bertz CT molecular complexity index is 886. The van der Waals surface area contributed by atoms with Crippen molar-refractivity contribution in [2.45, 2.75) is 57.9 Å². The number of hydrogen-bond acceptors (Lipinski definition) is 5. The second-order valence-corrected chi connectivity index (χ2v) is 9.83. The fourth-order valence-electron chi connectivity index (χ4n) is 6.44. The number of ether oxygens (including phenoxy) is 1. The molecule has 0 radical (unpaired) electrons. The number of amides is 2. The largest absolute Gasteiger partial charge is 0.457 e. The summed E-state index contributed by atoms with van der Waals surface area (Å²) >= 11 is 0. The highest BCUT2D eigenvalue weighted by Crippen LogP contribution is 2.56. The van der Waals surface area contributed by atoms with Gasteiger partial charge in [0.25, 0.3) is 0 Å². The normalized spacial score (nSPS) is 34.2. The number of benzene rings is 1. The van der Waals surface area contributed by atoms with Gasteiger partial charge in [-0.2, -0.15) is 0 Å². The lowest BCUT2D eigenvalue weighted by Gasteiger charge is -2.33. The van der Waals surface area contributed by atoms with Gasteiger partial charge < -0.3 is 4.74 Å². The smallest absolute Gasteiger partial charge is 0.309 e. The fourth-order valence-corrected chi connectivity index (χ4v) is 6.44. The lowest BCUT2D eigenvalue weighted by atomic mass is 9.81. The van der Waals surface area contributed by atoms with E-state index in [2.05, 4.69) is 0 Å². The molecule has 2 bridgehead atoms. The summed E-state index contributed by atoms with van der Waals surface area (Å²) in [6, 6.07) is 7.10. The molecule has 4 fully saturated rings. The zero-order valence-electron chi connectivity index (χ0n) is 17.9. The van der Waals surface area contributed by atoms with E-state index in [1.54, 1.807) is 17.0 Å². The number of carbonyl (C=O) groups excluding carboxylic acids is 4. The molecule has 2 amide bonds. The Labute approximate surface area is 182 Å². The van der Waals surface area contributed by atoms with E-state index in [0.29, 0.717) is 43.1 Å². The standard InChI is InChI=1S/C25H29NO5/c1-14-2-4-15(5-3-14)20(27)13-31-25(30)16-8-10-19(11-9-16)26-23(28)21-17-6-7-18(12-17)22(21)24(26)29/h2-5,16-19,21-22H,6-13H2,1H3/t16?,17-,18-,19?,21+,22+/m0/s1. The summed E-state index contributed by atoms with van der Waals surface area (Å²) < 4.78 is 5.29. The fraction of sp³-hybridized carbons (Fsp3) is 0.600. The Morgan fingerprint density at radius 2 is 1.48 bits per heavy atom. The lowest BCUT2D eigenvalue weighted by Crippen LogP contribution is -2.44. The average molecular weight is 424 g/mol. The molecule has 3 saturated carbocycles. The van der Waals surface area contributed by atoms with Gasteiger partial charge in [-0.3, -0.25) is 24.1 Å². The molecule has 6 nitrogen and oxygen atoms in total. The molecular weight excluding hydrogens is 394 g/mol. The van der Waals surface area contributed by atoms with Crippen LogP contribution in [0.25, 0.3) is 0 Å². The third kappa shape index (κ3) is 3.50. The zero-order valence-corrected chi connectivity index (χ0v) is 17.9. The molecule has 0 spiro atoms. The van der Waals surface area contributed by atoms with Crippen LogP contribution in [0.2, 0.25) is 0 Å². The van der Waals surface area contributed by atoms with E-state index in [1.165, 1.54) is 0 Å². The second kappa shape index (κ2) is 7.88. The van der Waals surface area contributed by atoms with Crippen molar-refractivity contribution in [2.75, 3.05) is 6.61 Å². The lowest BCUT2D eigenvalue weighted by molar-refractivity contribution is -0.149. The van der Waals surface area contributed by atoms with Gasteiger partial charge in [0.05, 0.1) is 17.8 Å². The topological polar surface area (TPSA) is 80.8 Å². The first-order valence-corrected chi connectivity index (χ1v) is 11.6. The van der Waals surface area contributed by atoms with Crippen molar-refractivity contribution in [3.8, 4) is 0 Å². The van der Waals surface area contributed by atoms with Crippen LogP contribution >= 0.6 is 0 Å². The summed E-state index contributed by atoms with van der Waals surface area (Å²) in [6.45, 7) is 1.70. The van der Waals surface area contributed by atoms with Crippen LogP contribution in [-0.2, 0) is 19.1 Å². The third-order valence-corrected chi connectivity index (χ3v) is 8.08. The minimum absolute atomic E-state index is 0.0388. The molecule has 164 valence electrons. The van der Waals surface area contributed by atoms with Crippen molar-refractivity contribution in [3.63, 3.8) is 0 Å². The molecule has 1 heterocycles. The summed E-state index contributed by atoms with van der Waals surface area (Å²) in [5, 5.41) is 0. The van der Waals surface area contributed by atoms with Gasteiger partial charge in [-0.15, -0.1) is 0 Å². The van der Waals surface area contributed by atoms with Gasteiger partial charge in [0, 0.05) is 11.6 Å². The molecule has 0 aromatic heterocycles. The zero-order chi connectivity index (χ0) is 21.7. The number of likely N-dealkylation sites (tertiary alicyclic amines) is 1. The van der Waals surface area contributed by atoms with Crippen molar-refractivity contribution in [2.24, 2.45) is 29.6 Å². The van der Waals surface area contributed by atoms with Gasteiger partial charge in [-0.25, -0.2) is 0 Å². The predicted molar refractivity (Wildman–Crippen MR) is 112 cm³/mol. The van der Waals surface area contributed by atoms with Crippen LogP contribution in [0.3, 0.4) is 0 Å². The Morgan fingerprint density at radius 1 is 0.903 bits per heavy atom. The monoisotopic (exact) mass is 423 g/mol. The van der Waals surface area contributed by atoms with Gasteiger partial charge in [0.2, 0.25) is 11.8 Å². The molecule has 3 aliphatic carbocycles. The third-order valence-electron chi connectivity index (χ3n) is 8.08. The number of imide groups is 1. The molecule has 31 heavy (non-hydrogen) atoms. The highest BCUT2D eigenvalue weighted by atomic mass is 16.5. The molecule has 1 saturated heterocycles. The van der Waals surface area contributed by atoms with Crippen LogP contribution in [0, 0.1) is 36.5 Å². The van der Waals surface area contributed by atoms with E-state index in [-0.39, 0.29) is 54.0 Å². The molecule has 1 aromatic rings. The first-order valence-electron chi connectivity index (χ1n) is 11.6. The van der Waals surface area contributed by atoms with Gasteiger partial charge in [-0.05, 0) is 63.7 Å². The summed E-state index contributed by atoms with van der Waals surface area (Å²) in [5.41, 5.74) is 1.60.